The van der Waals surface area contributed by atoms with E-state index < -0.39 is 0 Å². The summed E-state index contributed by atoms with van der Waals surface area (Å²) in [6.07, 6.45) is 0. The largest absolute Gasteiger partial charge is 0.309 e. The molecule has 0 aliphatic heterocycles. The summed E-state index contributed by atoms with van der Waals surface area (Å²) < 4.78 is 6.82. The van der Waals surface area contributed by atoms with Gasteiger partial charge in [-0.1, -0.05) is 121 Å². The fourth-order valence-electron chi connectivity index (χ4n) is 8.92. The summed E-state index contributed by atoms with van der Waals surface area (Å²) in [6.45, 7) is 0. The maximum Gasteiger partial charge on any atom is 0.102 e. The minimum Gasteiger partial charge on any atom is -0.309 e. The second-order valence-corrected chi connectivity index (χ2v) is 13.9. The lowest BCUT2D eigenvalue weighted by molar-refractivity contribution is 1.15. The molecule has 0 spiro atoms. The van der Waals surface area contributed by atoms with Gasteiger partial charge in [0.15, 0.2) is 0 Å². The quantitative estimate of drug-likeness (QED) is 0.184. The van der Waals surface area contributed by atoms with E-state index in [-0.39, 0.29) is 0 Å². The normalized spacial score (nSPS) is 11.6. The van der Waals surface area contributed by atoms with Crippen LogP contribution in [0.5, 0.6) is 0 Å². The van der Waals surface area contributed by atoms with Gasteiger partial charge in [0.25, 0.3) is 0 Å². The first-order valence-electron chi connectivity index (χ1n) is 18.3. The third-order valence-corrected chi connectivity index (χ3v) is 11.1. The van der Waals surface area contributed by atoms with E-state index in [1.165, 1.54) is 10.8 Å². The lowest BCUT2D eigenvalue weighted by atomic mass is 9.94. The van der Waals surface area contributed by atoms with Crippen LogP contribution in [0.15, 0.2) is 176 Å². The Morgan fingerprint density at radius 3 is 1.56 bits per heavy atom. The van der Waals surface area contributed by atoms with E-state index in [0.717, 1.165) is 77.1 Å². The minimum atomic E-state index is 0.442. The van der Waals surface area contributed by atoms with Crippen molar-refractivity contribution >= 4 is 65.4 Å². The standard InChI is InChI=1S/C50H29N5/c51-30-32-26-27-34(41(31-52)49(32)55-44-23-11-5-17-36(44)37-18-6-12-24-45(37)55)35-16-4-10-22-43(35)54-46-25-13-8-20-40(46)48-47(54)29-28-39-38-19-7-9-21-42(38)53(50(39)48)33-14-2-1-3-15-33/h1-29H. The van der Waals surface area contributed by atoms with E-state index in [2.05, 4.69) is 159 Å². The highest BCUT2D eigenvalue weighted by Gasteiger charge is 2.25. The Labute approximate surface area is 316 Å². The highest BCUT2D eigenvalue weighted by Crippen LogP contribution is 2.44. The molecular formula is C50H29N5. The molecule has 0 aliphatic carbocycles. The van der Waals surface area contributed by atoms with Crippen molar-refractivity contribution < 1.29 is 0 Å². The molecule has 0 radical (unpaired) electrons. The molecule has 0 N–H and O–H groups in total. The first-order valence-corrected chi connectivity index (χ1v) is 18.3. The molecule has 0 saturated carbocycles. The van der Waals surface area contributed by atoms with Crippen molar-refractivity contribution in [1.82, 2.24) is 13.7 Å². The molecule has 55 heavy (non-hydrogen) atoms. The van der Waals surface area contributed by atoms with E-state index in [1.807, 2.05) is 42.5 Å². The summed E-state index contributed by atoms with van der Waals surface area (Å²) in [6, 6.07) is 65.8. The average Bonchev–Trinajstić information content (AvgIpc) is 3.89. The lowest BCUT2D eigenvalue weighted by Gasteiger charge is -2.18. The van der Waals surface area contributed by atoms with Gasteiger partial charge in [0.1, 0.15) is 12.1 Å². The van der Waals surface area contributed by atoms with Gasteiger partial charge in [-0.25, -0.2) is 0 Å². The number of nitrogens with zero attached hydrogens (tertiary/aromatic N) is 5. The van der Waals surface area contributed by atoms with E-state index in [0.29, 0.717) is 16.8 Å². The summed E-state index contributed by atoms with van der Waals surface area (Å²) >= 11 is 0. The molecular weight excluding hydrogens is 671 g/mol. The predicted molar refractivity (Wildman–Crippen MR) is 224 cm³/mol. The third-order valence-electron chi connectivity index (χ3n) is 11.1. The van der Waals surface area contributed by atoms with Crippen LogP contribution in [-0.2, 0) is 0 Å². The molecule has 0 atom stereocenters. The van der Waals surface area contributed by atoms with Crippen LogP contribution in [0, 0.1) is 22.7 Å². The van der Waals surface area contributed by atoms with Crippen molar-refractivity contribution in [3.63, 3.8) is 0 Å². The molecule has 5 nitrogen and oxygen atoms in total. The van der Waals surface area contributed by atoms with Gasteiger partial charge in [0.2, 0.25) is 0 Å². The van der Waals surface area contributed by atoms with Gasteiger partial charge < -0.3 is 13.7 Å². The van der Waals surface area contributed by atoms with Crippen LogP contribution < -0.4 is 0 Å². The number of benzene rings is 8. The van der Waals surface area contributed by atoms with Gasteiger partial charge in [-0.3, -0.25) is 0 Å². The molecule has 11 rings (SSSR count). The fourth-order valence-corrected chi connectivity index (χ4v) is 8.92. The summed E-state index contributed by atoms with van der Waals surface area (Å²) in [4.78, 5) is 0. The lowest BCUT2D eigenvalue weighted by Crippen LogP contribution is -2.04. The van der Waals surface area contributed by atoms with Gasteiger partial charge in [-0.2, -0.15) is 10.5 Å². The van der Waals surface area contributed by atoms with Crippen LogP contribution in [0.4, 0.5) is 0 Å². The maximum atomic E-state index is 11.1. The monoisotopic (exact) mass is 699 g/mol. The van der Waals surface area contributed by atoms with E-state index in [9.17, 15) is 10.5 Å². The van der Waals surface area contributed by atoms with E-state index >= 15 is 0 Å². The van der Waals surface area contributed by atoms with Crippen molar-refractivity contribution in [2.75, 3.05) is 0 Å². The van der Waals surface area contributed by atoms with Crippen LogP contribution in [0.2, 0.25) is 0 Å². The zero-order valence-corrected chi connectivity index (χ0v) is 29.5. The van der Waals surface area contributed by atoms with E-state index in [4.69, 9.17) is 0 Å². The summed E-state index contributed by atoms with van der Waals surface area (Å²) in [5.74, 6) is 0. The topological polar surface area (TPSA) is 62.4 Å². The Kier molecular flexibility index (Phi) is 6.61. The van der Waals surface area contributed by atoms with Crippen molar-refractivity contribution in [1.29, 1.82) is 10.5 Å². The van der Waals surface area contributed by atoms with Gasteiger partial charge in [0.05, 0.1) is 55.6 Å². The molecule has 0 unspecified atom stereocenters. The van der Waals surface area contributed by atoms with Crippen LogP contribution in [0.25, 0.3) is 93.6 Å². The summed E-state index contributed by atoms with van der Waals surface area (Å²) in [5.41, 5.74) is 11.5. The second-order valence-electron chi connectivity index (χ2n) is 13.9. The number of nitriles is 2. The van der Waals surface area contributed by atoms with Crippen LogP contribution in [0.3, 0.4) is 0 Å². The van der Waals surface area contributed by atoms with Crippen molar-refractivity contribution in [3.8, 4) is 40.3 Å². The molecule has 8 aromatic carbocycles. The zero-order valence-electron chi connectivity index (χ0n) is 29.5. The highest BCUT2D eigenvalue weighted by atomic mass is 15.0. The Morgan fingerprint density at radius 2 is 0.909 bits per heavy atom. The van der Waals surface area contributed by atoms with Crippen molar-refractivity contribution in [3.05, 3.63) is 187 Å². The SMILES string of the molecule is N#Cc1ccc(-c2ccccc2-n2c3ccccc3c3c2ccc2c4ccccc4n(-c4ccccc4)c23)c(C#N)c1-n1c2ccccc2c2ccccc21. The number of aromatic nitrogens is 3. The molecule has 0 amide bonds. The third kappa shape index (κ3) is 4.27. The maximum absolute atomic E-state index is 11.1. The first kappa shape index (κ1) is 30.7. The van der Waals surface area contributed by atoms with Gasteiger partial charge in [-0.05, 0) is 54.6 Å². The smallest absolute Gasteiger partial charge is 0.102 e. The summed E-state index contributed by atoms with van der Waals surface area (Å²) in [5, 5.41) is 28.5. The van der Waals surface area contributed by atoms with Gasteiger partial charge in [0, 0.05) is 49.1 Å². The highest BCUT2D eigenvalue weighted by molar-refractivity contribution is 6.26. The summed E-state index contributed by atoms with van der Waals surface area (Å²) in [7, 11) is 0. The van der Waals surface area contributed by atoms with Gasteiger partial charge >= 0.3 is 0 Å². The molecule has 5 heteroatoms. The molecule has 0 saturated heterocycles. The predicted octanol–water partition coefficient (Wildman–Crippen LogP) is 12.4. The number of hydrogen-bond donors (Lipinski definition) is 0. The Morgan fingerprint density at radius 1 is 0.364 bits per heavy atom. The van der Waals surface area contributed by atoms with Crippen molar-refractivity contribution in [2.24, 2.45) is 0 Å². The molecule has 0 bridgehead atoms. The van der Waals surface area contributed by atoms with Crippen LogP contribution in [0.1, 0.15) is 11.1 Å². The van der Waals surface area contributed by atoms with Gasteiger partial charge in [-0.15, -0.1) is 0 Å². The Hall–Kier alpha value is -7.86. The Bertz CT molecular complexity index is 3400. The minimum absolute atomic E-state index is 0.442. The van der Waals surface area contributed by atoms with Crippen LogP contribution >= 0.6 is 0 Å². The average molecular weight is 700 g/mol. The number of para-hydroxylation sites is 6. The van der Waals surface area contributed by atoms with Crippen molar-refractivity contribution in [2.45, 2.75) is 0 Å². The number of fused-ring (bicyclic) bond motifs is 10. The molecule has 3 heterocycles. The fraction of sp³-hybridized carbons (Fsp3) is 0. The first-order chi connectivity index (χ1) is 27.3. The molecule has 0 fully saturated rings. The van der Waals surface area contributed by atoms with E-state index in [1.54, 1.807) is 0 Å². The molecule has 3 aromatic heterocycles. The molecule has 254 valence electrons. The molecule has 0 aliphatic rings. The van der Waals surface area contributed by atoms with Crippen LogP contribution in [-0.4, -0.2) is 13.7 Å². The second kappa shape index (κ2) is 11.8. The number of hydrogen-bond acceptors (Lipinski definition) is 2. The Balaban J connectivity index is 1.24. The zero-order chi connectivity index (χ0) is 36.6. The number of rotatable bonds is 4. The molecule has 11 aromatic rings.